The smallest absolute Gasteiger partial charge is 0.227 e. The van der Waals surface area contributed by atoms with Gasteiger partial charge in [0.05, 0.1) is 24.2 Å². The summed E-state index contributed by atoms with van der Waals surface area (Å²) >= 11 is 7.72. The van der Waals surface area contributed by atoms with Crippen molar-refractivity contribution in [3.8, 4) is 17.0 Å². The maximum atomic E-state index is 12.8. The number of carbonyl (C=O) groups is 1. The van der Waals surface area contributed by atoms with Crippen LogP contribution < -0.4 is 4.74 Å². The molecule has 4 rings (SSSR count). The Hall–Kier alpha value is -2.37. The van der Waals surface area contributed by atoms with E-state index in [2.05, 4.69) is 5.38 Å². The monoisotopic (exact) mass is 426 g/mol. The quantitative estimate of drug-likeness (QED) is 0.547. The number of para-hydroxylation sites is 1. The summed E-state index contributed by atoms with van der Waals surface area (Å²) in [5, 5.41) is 3.84. The average Bonchev–Trinajstić information content (AvgIpc) is 3.24. The van der Waals surface area contributed by atoms with E-state index in [-0.39, 0.29) is 11.8 Å². The summed E-state index contributed by atoms with van der Waals surface area (Å²) in [5.74, 6) is 1.25. The van der Waals surface area contributed by atoms with Gasteiger partial charge in [0.15, 0.2) is 0 Å². The number of carbonyl (C=O) groups excluding carboxylic acids is 1. The topological polar surface area (TPSA) is 42.4 Å². The molecule has 0 N–H and O–H groups in total. The average molecular weight is 427 g/mol. The van der Waals surface area contributed by atoms with Crippen LogP contribution in [0.2, 0.25) is 5.02 Å². The SMILES string of the molecule is COc1ccccc1-c1csc([C@@H]2CCCN(C(=O)Cc3cccc(Cl)c3)C2)n1. The number of hydrogen-bond acceptors (Lipinski definition) is 4. The summed E-state index contributed by atoms with van der Waals surface area (Å²) in [4.78, 5) is 19.7. The second-order valence-electron chi connectivity index (χ2n) is 7.26. The summed E-state index contributed by atoms with van der Waals surface area (Å²) in [7, 11) is 1.68. The van der Waals surface area contributed by atoms with E-state index >= 15 is 0 Å². The van der Waals surface area contributed by atoms with Gasteiger partial charge in [-0.3, -0.25) is 4.79 Å². The standard InChI is InChI=1S/C23H23ClN2O2S/c1-28-21-10-3-2-9-19(21)20-15-29-23(25-20)17-7-5-11-26(14-17)22(27)13-16-6-4-8-18(24)12-16/h2-4,6,8-10,12,15,17H,5,7,11,13-14H2,1H3/t17-/m1/s1. The van der Waals surface area contributed by atoms with Gasteiger partial charge in [0.1, 0.15) is 5.75 Å². The molecule has 0 unspecified atom stereocenters. The molecule has 6 heteroatoms. The lowest BCUT2D eigenvalue weighted by Crippen LogP contribution is -2.39. The van der Waals surface area contributed by atoms with E-state index in [0.29, 0.717) is 11.4 Å². The molecule has 2 heterocycles. The zero-order valence-corrected chi connectivity index (χ0v) is 17.9. The number of ether oxygens (including phenoxy) is 1. The van der Waals surface area contributed by atoms with Crippen molar-refractivity contribution in [1.82, 2.24) is 9.88 Å². The Morgan fingerprint density at radius 2 is 2.14 bits per heavy atom. The minimum absolute atomic E-state index is 0.151. The number of halogens is 1. The normalized spacial score (nSPS) is 16.6. The number of amides is 1. The van der Waals surface area contributed by atoms with Crippen LogP contribution in [0.1, 0.15) is 29.3 Å². The first-order valence-corrected chi connectivity index (χ1v) is 11.0. The van der Waals surface area contributed by atoms with Gasteiger partial charge in [-0.15, -0.1) is 11.3 Å². The minimum atomic E-state index is 0.151. The summed E-state index contributed by atoms with van der Waals surface area (Å²) in [6, 6.07) is 15.5. The fourth-order valence-corrected chi connectivity index (χ4v) is 4.95. The van der Waals surface area contributed by atoms with Crippen molar-refractivity contribution in [2.75, 3.05) is 20.2 Å². The van der Waals surface area contributed by atoms with Crippen LogP contribution in [-0.4, -0.2) is 36.0 Å². The van der Waals surface area contributed by atoms with E-state index in [9.17, 15) is 4.79 Å². The third-order valence-corrected chi connectivity index (χ3v) is 6.51. The fourth-order valence-electron chi connectivity index (χ4n) is 3.79. The number of rotatable bonds is 5. The molecular weight excluding hydrogens is 404 g/mol. The Morgan fingerprint density at radius 3 is 2.97 bits per heavy atom. The highest BCUT2D eigenvalue weighted by atomic mass is 35.5. The second-order valence-corrected chi connectivity index (χ2v) is 8.58. The van der Waals surface area contributed by atoms with Crippen LogP contribution in [0.25, 0.3) is 11.3 Å². The molecule has 1 aliphatic heterocycles. The number of piperidine rings is 1. The molecule has 1 amide bonds. The van der Waals surface area contributed by atoms with Crippen molar-refractivity contribution in [2.24, 2.45) is 0 Å². The molecule has 1 aliphatic rings. The number of thiazole rings is 1. The van der Waals surface area contributed by atoms with Crippen LogP contribution in [0.3, 0.4) is 0 Å². The number of likely N-dealkylation sites (tertiary alicyclic amines) is 1. The van der Waals surface area contributed by atoms with E-state index in [4.69, 9.17) is 21.3 Å². The molecule has 29 heavy (non-hydrogen) atoms. The molecule has 150 valence electrons. The minimum Gasteiger partial charge on any atom is -0.496 e. The first-order valence-electron chi connectivity index (χ1n) is 9.75. The van der Waals surface area contributed by atoms with Gasteiger partial charge in [0, 0.05) is 35.0 Å². The number of methoxy groups -OCH3 is 1. The number of benzene rings is 2. The Bertz CT molecular complexity index is 1000. The van der Waals surface area contributed by atoms with Gasteiger partial charge in [-0.05, 0) is 42.7 Å². The summed E-state index contributed by atoms with van der Waals surface area (Å²) in [5.41, 5.74) is 2.89. The van der Waals surface area contributed by atoms with Gasteiger partial charge in [-0.2, -0.15) is 0 Å². The van der Waals surface area contributed by atoms with Crippen molar-refractivity contribution < 1.29 is 9.53 Å². The highest BCUT2D eigenvalue weighted by Crippen LogP contribution is 2.35. The van der Waals surface area contributed by atoms with Gasteiger partial charge in [-0.25, -0.2) is 4.98 Å². The third-order valence-electron chi connectivity index (χ3n) is 5.27. The van der Waals surface area contributed by atoms with E-state index in [0.717, 1.165) is 53.5 Å². The van der Waals surface area contributed by atoms with Crippen LogP contribution in [-0.2, 0) is 11.2 Å². The third kappa shape index (κ3) is 4.62. The predicted octanol–water partition coefficient (Wildman–Crippen LogP) is 5.42. The van der Waals surface area contributed by atoms with E-state index in [1.54, 1.807) is 18.4 Å². The van der Waals surface area contributed by atoms with Crippen LogP contribution in [0.4, 0.5) is 0 Å². The Kier molecular flexibility index (Phi) is 6.16. The van der Waals surface area contributed by atoms with Crippen LogP contribution in [0.5, 0.6) is 5.75 Å². The summed E-state index contributed by atoms with van der Waals surface area (Å²) in [6.07, 6.45) is 2.44. The summed E-state index contributed by atoms with van der Waals surface area (Å²) < 4.78 is 5.47. The molecule has 3 aromatic rings. The molecule has 0 saturated carbocycles. The highest BCUT2D eigenvalue weighted by molar-refractivity contribution is 7.10. The summed E-state index contributed by atoms with van der Waals surface area (Å²) in [6.45, 7) is 1.53. The van der Waals surface area contributed by atoms with Gasteiger partial charge < -0.3 is 9.64 Å². The molecule has 4 nitrogen and oxygen atoms in total. The fraction of sp³-hybridized carbons (Fsp3) is 0.304. The molecule has 2 aromatic carbocycles. The maximum absolute atomic E-state index is 12.8. The first kappa shape index (κ1) is 19.9. The highest BCUT2D eigenvalue weighted by Gasteiger charge is 2.27. The number of nitrogens with zero attached hydrogens (tertiary/aromatic N) is 2. The Labute approximate surface area is 180 Å². The number of hydrogen-bond donors (Lipinski definition) is 0. The molecule has 0 aliphatic carbocycles. The van der Waals surface area contributed by atoms with Gasteiger partial charge in [0.2, 0.25) is 5.91 Å². The molecule has 1 aromatic heterocycles. The van der Waals surface area contributed by atoms with Gasteiger partial charge in [-0.1, -0.05) is 35.9 Å². The lowest BCUT2D eigenvalue weighted by atomic mass is 9.98. The largest absolute Gasteiger partial charge is 0.496 e. The maximum Gasteiger partial charge on any atom is 0.227 e. The lowest BCUT2D eigenvalue weighted by molar-refractivity contribution is -0.131. The van der Waals surface area contributed by atoms with Crippen molar-refractivity contribution in [3.05, 3.63) is 69.5 Å². The van der Waals surface area contributed by atoms with E-state index in [1.807, 2.05) is 53.4 Å². The molecule has 0 bridgehead atoms. The van der Waals surface area contributed by atoms with E-state index in [1.165, 1.54) is 0 Å². The number of aromatic nitrogens is 1. The predicted molar refractivity (Wildman–Crippen MR) is 118 cm³/mol. The van der Waals surface area contributed by atoms with Gasteiger partial charge in [0.25, 0.3) is 0 Å². The van der Waals surface area contributed by atoms with Crippen molar-refractivity contribution >= 4 is 28.8 Å². The zero-order valence-electron chi connectivity index (χ0n) is 16.3. The van der Waals surface area contributed by atoms with Gasteiger partial charge >= 0.3 is 0 Å². The second kappa shape index (κ2) is 8.97. The zero-order chi connectivity index (χ0) is 20.2. The van der Waals surface area contributed by atoms with Crippen LogP contribution in [0, 0.1) is 0 Å². The Balaban J connectivity index is 1.46. The molecular formula is C23H23ClN2O2S. The Morgan fingerprint density at radius 1 is 1.28 bits per heavy atom. The molecule has 1 atom stereocenters. The van der Waals surface area contributed by atoms with Crippen LogP contribution >= 0.6 is 22.9 Å². The molecule has 0 radical (unpaired) electrons. The molecule has 1 fully saturated rings. The van der Waals surface area contributed by atoms with Crippen molar-refractivity contribution in [3.63, 3.8) is 0 Å². The molecule has 0 spiro atoms. The van der Waals surface area contributed by atoms with Crippen LogP contribution in [0.15, 0.2) is 53.9 Å². The van der Waals surface area contributed by atoms with Crippen molar-refractivity contribution in [2.45, 2.75) is 25.2 Å². The van der Waals surface area contributed by atoms with E-state index < -0.39 is 0 Å². The van der Waals surface area contributed by atoms with Crippen molar-refractivity contribution in [1.29, 1.82) is 0 Å². The lowest BCUT2D eigenvalue weighted by Gasteiger charge is -2.32. The first-order chi connectivity index (χ1) is 14.1. The molecule has 1 saturated heterocycles.